The van der Waals surface area contributed by atoms with E-state index in [4.69, 9.17) is 20.8 Å². The van der Waals surface area contributed by atoms with Crippen LogP contribution in [0.15, 0.2) is 57.7 Å². The molecule has 0 saturated heterocycles. The topological polar surface area (TPSA) is 79.9 Å². The highest BCUT2D eigenvalue weighted by atomic mass is 35.5. The van der Waals surface area contributed by atoms with Crippen LogP contribution in [0.25, 0.3) is 21.9 Å². The highest BCUT2D eigenvalue weighted by molar-refractivity contribution is 6.33. The predicted molar refractivity (Wildman–Crippen MR) is 104 cm³/mol. The van der Waals surface area contributed by atoms with Crippen molar-refractivity contribution in [3.8, 4) is 17.2 Å². The minimum atomic E-state index is -0.419. The van der Waals surface area contributed by atoms with Crippen molar-refractivity contribution >= 4 is 33.5 Å². The molecule has 3 aromatic carbocycles. The normalized spacial score (nSPS) is 11.2. The van der Waals surface area contributed by atoms with E-state index in [0.717, 1.165) is 11.6 Å². The van der Waals surface area contributed by atoms with Gasteiger partial charge >= 0.3 is 0 Å². The van der Waals surface area contributed by atoms with Crippen LogP contribution in [0.5, 0.6) is 17.2 Å². The molecule has 0 unspecified atom stereocenters. The van der Waals surface area contributed by atoms with Crippen LogP contribution in [0.4, 0.5) is 0 Å². The molecule has 1 heterocycles. The molecule has 136 valence electrons. The molecule has 6 heteroatoms. The molecule has 0 atom stereocenters. The molecule has 2 N–H and O–H groups in total. The average molecular weight is 383 g/mol. The van der Waals surface area contributed by atoms with Gasteiger partial charge in [-0.15, -0.1) is 0 Å². The number of rotatable bonds is 3. The van der Waals surface area contributed by atoms with Crippen LogP contribution in [-0.4, -0.2) is 10.2 Å². The van der Waals surface area contributed by atoms with Gasteiger partial charge in [-0.2, -0.15) is 0 Å². The molecule has 0 fully saturated rings. The number of hydrogen-bond acceptors (Lipinski definition) is 5. The summed E-state index contributed by atoms with van der Waals surface area (Å²) in [6.45, 7) is 2.01. The van der Waals surface area contributed by atoms with Gasteiger partial charge in [-0.25, -0.2) is 0 Å². The van der Waals surface area contributed by atoms with Crippen LogP contribution in [-0.2, 0) is 6.61 Å². The SMILES string of the molecule is Cc1c(Cl)c(OCc2ccccc2)cc2oc3cc(O)cc(O)c3c(=O)c12. The van der Waals surface area contributed by atoms with E-state index in [-0.39, 0.29) is 33.4 Å². The molecule has 27 heavy (non-hydrogen) atoms. The van der Waals surface area contributed by atoms with Crippen molar-refractivity contribution in [1.82, 2.24) is 0 Å². The van der Waals surface area contributed by atoms with E-state index in [9.17, 15) is 15.0 Å². The van der Waals surface area contributed by atoms with Gasteiger partial charge in [-0.3, -0.25) is 4.79 Å². The first-order valence-corrected chi connectivity index (χ1v) is 8.62. The van der Waals surface area contributed by atoms with Crippen LogP contribution in [0.3, 0.4) is 0 Å². The fourth-order valence-corrected chi connectivity index (χ4v) is 3.28. The lowest BCUT2D eigenvalue weighted by Crippen LogP contribution is -2.06. The third-order valence-corrected chi connectivity index (χ3v) is 4.88. The van der Waals surface area contributed by atoms with Gasteiger partial charge in [0.1, 0.15) is 40.4 Å². The zero-order valence-corrected chi connectivity index (χ0v) is 15.1. The Balaban J connectivity index is 1.89. The second kappa shape index (κ2) is 6.52. The maximum absolute atomic E-state index is 12.9. The number of halogens is 1. The zero-order valence-electron chi connectivity index (χ0n) is 14.3. The van der Waals surface area contributed by atoms with E-state index in [0.29, 0.717) is 22.9 Å². The molecule has 4 rings (SSSR count). The second-order valence-corrected chi connectivity index (χ2v) is 6.61. The van der Waals surface area contributed by atoms with E-state index in [2.05, 4.69) is 0 Å². The van der Waals surface area contributed by atoms with E-state index in [1.807, 2.05) is 30.3 Å². The first kappa shape index (κ1) is 17.2. The van der Waals surface area contributed by atoms with Crippen molar-refractivity contribution in [3.63, 3.8) is 0 Å². The van der Waals surface area contributed by atoms with Crippen LogP contribution in [0, 0.1) is 6.92 Å². The molecule has 0 bridgehead atoms. The Kier molecular flexibility index (Phi) is 4.16. The van der Waals surface area contributed by atoms with E-state index in [1.165, 1.54) is 6.07 Å². The molecule has 0 amide bonds. The summed E-state index contributed by atoms with van der Waals surface area (Å²) in [6.07, 6.45) is 0. The van der Waals surface area contributed by atoms with E-state index in [1.54, 1.807) is 13.0 Å². The third-order valence-electron chi connectivity index (χ3n) is 4.41. The summed E-state index contributed by atoms with van der Waals surface area (Å²) in [6, 6.07) is 13.5. The van der Waals surface area contributed by atoms with Crippen molar-refractivity contribution in [2.24, 2.45) is 0 Å². The van der Waals surface area contributed by atoms with Gasteiger partial charge in [0.2, 0.25) is 5.43 Å². The summed E-state index contributed by atoms with van der Waals surface area (Å²) >= 11 is 6.42. The molecule has 0 spiro atoms. The molecule has 0 radical (unpaired) electrons. The lowest BCUT2D eigenvalue weighted by Gasteiger charge is -2.13. The van der Waals surface area contributed by atoms with Crippen molar-refractivity contribution in [2.75, 3.05) is 0 Å². The van der Waals surface area contributed by atoms with Crippen LogP contribution in [0.1, 0.15) is 11.1 Å². The molecule has 4 aromatic rings. The minimum Gasteiger partial charge on any atom is -0.508 e. The molecule has 0 aliphatic carbocycles. The summed E-state index contributed by atoms with van der Waals surface area (Å²) in [5, 5.41) is 20.3. The fourth-order valence-electron chi connectivity index (χ4n) is 3.08. The highest BCUT2D eigenvalue weighted by Gasteiger charge is 2.19. The van der Waals surface area contributed by atoms with Gasteiger partial charge in [0.25, 0.3) is 0 Å². The lowest BCUT2D eigenvalue weighted by atomic mass is 10.1. The summed E-state index contributed by atoms with van der Waals surface area (Å²) in [5.41, 5.74) is 1.41. The van der Waals surface area contributed by atoms with Gasteiger partial charge in [0.15, 0.2) is 0 Å². The molecule has 0 aliphatic rings. The largest absolute Gasteiger partial charge is 0.508 e. The number of hydrogen-bond donors (Lipinski definition) is 2. The van der Waals surface area contributed by atoms with Crippen LogP contribution < -0.4 is 10.2 Å². The van der Waals surface area contributed by atoms with Crippen LogP contribution in [0.2, 0.25) is 5.02 Å². The zero-order chi connectivity index (χ0) is 19.1. The number of ether oxygens (including phenoxy) is 1. The Morgan fingerprint density at radius 3 is 2.48 bits per heavy atom. The highest BCUT2D eigenvalue weighted by Crippen LogP contribution is 2.37. The Bertz CT molecular complexity index is 1230. The number of benzene rings is 3. The predicted octanol–water partition coefficient (Wildman–Crippen LogP) is 4.90. The third kappa shape index (κ3) is 2.96. The summed E-state index contributed by atoms with van der Waals surface area (Å²) in [7, 11) is 0. The maximum Gasteiger partial charge on any atom is 0.204 e. The Morgan fingerprint density at radius 2 is 1.74 bits per heavy atom. The summed E-state index contributed by atoms with van der Waals surface area (Å²) in [5.74, 6) is -0.160. The number of aromatic hydroxyl groups is 2. The van der Waals surface area contributed by atoms with Gasteiger partial charge in [0, 0.05) is 18.2 Å². The van der Waals surface area contributed by atoms with Gasteiger partial charge < -0.3 is 19.4 Å². The van der Waals surface area contributed by atoms with Crippen LogP contribution >= 0.6 is 11.6 Å². The Morgan fingerprint density at radius 1 is 1.04 bits per heavy atom. The van der Waals surface area contributed by atoms with E-state index < -0.39 is 5.43 Å². The first-order chi connectivity index (χ1) is 13.0. The minimum absolute atomic E-state index is 0.00239. The average Bonchev–Trinajstić information content (AvgIpc) is 2.63. The van der Waals surface area contributed by atoms with Gasteiger partial charge in [-0.05, 0) is 18.1 Å². The van der Waals surface area contributed by atoms with Crippen molar-refractivity contribution in [1.29, 1.82) is 0 Å². The number of fused-ring (bicyclic) bond motifs is 2. The molecular formula is C21H15ClO5. The Hall–Kier alpha value is -3.18. The summed E-state index contributed by atoms with van der Waals surface area (Å²) in [4.78, 5) is 12.9. The van der Waals surface area contributed by atoms with E-state index >= 15 is 0 Å². The van der Waals surface area contributed by atoms with Gasteiger partial charge in [-0.1, -0.05) is 41.9 Å². The second-order valence-electron chi connectivity index (χ2n) is 6.23. The molecule has 5 nitrogen and oxygen atoms in total. The van der Waals surface area contributed by atoms with Crippen molar-refractivity contribution in [2.45, 2.75) is 13.5 Å². The smallest absolute Gasteiger partial charge is 0.204 e. The Labute approximate surface area is 159 Å². The standard InChI is InChI=1S/C21H15ClO5/c1-11-18-16(27-15-8-13(23)7-14(24)19(15)21(18)25)9-17(20(11)22)26-10-12-5-3-2-4-6-12/h2-9,23-24H,10H2,1H3. The number of aryl methyl sites for hydroxylation is 1. The molecular weight excluding hydrogens is 368 g/mol. The monoisotopic (exact) mass is 382 g/mol. The molecule has 0 saturated carbocycles. The quantitative estimate of drug-likeness (QED) is 0.493. The number of phenols is 2. The molecule has 0 aliphatic heterocycles. The van der Waals surface area contributed by atoms with Crippen molar-refractivity contribution < 1.29 is 19.4 Å². The fraction of sp³-hybridized carbons (Fsp3) is 0.0952. The summed E-state index contributed by atoms with van der Waals surface area (Å²) < 4.78 is 11.6. The maximum atomic E-state index is 12.9. The van der Waals surface area contributed by atoms with Crippen molar-refractivity contribution in [3.05, 3.63) is 74.9 Å². The number of phenolic OH excluding ortho intramolecular Hbond substituents is 2. The van der Waals surface area contributed by atoms with Gasteiger partial charge in [0.05, 0.1) is 10.4 Å². The first-order valence-electron chi connectivity index (χ1n) is 8.24. The lowest BCUT2D eigenvalue weighted by molar-refractivity contribution is 0.306. The molecule has 1 aromatic heterocycles.